The van der Waals surface area contributed by atoms with Crippen molar-refractivity contribution in [2.75, 3.05) is 74.0 Å². The third-order valence-corrected chi connectivity index (χ3v) is 29.4. The molecule has 10 aliphatic rings. The number of H-pyrrole nitrogens is 3. The highest BCUT2D eigenvalue weighted by Gasteiger charge is 2.67. The van der Waals surface area contributed by atoms with Crippen molar-refractivity contribution in [1.82, 2.24) is 102 Å². The molecule has 10 fully saturated rings. The van der Waals surface area contributed by atoms with Crippen LogP contribution in [-0.2, 0) is 115 Å². The first kappa shape index (κ1) is 92.7. The minimum atomic E-state index is -5.02. The van der Waals surface area contributed by atoms with Gasteiger partial charge in [-0.25, -0.2) is 72.2 Å². The average molecular weight is 2010 g/mol. The molecule has 12 aromatic rings. The van der Waals surface area contributed by atoms with Gasteiger partial charge in [0.25, 0.3) is 16.7 Å². The highest BCUT2D eigenvalue weighted by atomic mass is 31.2. The van der Waals surface area contributed by atoms with Crippen molar-refractivity contribution < 1.29 is 154 Å². The van der Waals surface area contributed by atoms with Crippen LogP contribution in [0.2, 0.25) is 0 Å². The Morgan fingerprint density at radius 3 is 1.19 bits per heavy atom. The number of phosphoric ester groups is 6. The molecular weight excluding hydrogens is 1930 g/mol. The number of fused-ring (bicyclic) bond motifs is 13. The van der Waals surface area contributed by atoms with Gasteiger partial charge in [-0.2, -0.15) is 15.0 Å². The molecule has 23 N–H and O–H groups in total. The SMILES string of the molecule is C[C@@H]1OP(=O)(O)O[C@@H]2C[C@@H](COP(=O)(O)O[C@H]3[C@@H](O)[C@H](n4cnc5c(N)ccnc54)O[C@H]31)O[C@H]2n1cnc2c(=O)[nH]c(N)nc21.C[C@H]1[C@@H]2OP(=O)(O)OC[C@@H]3C[C@@H](OP(=O)(O)OC[C@H]2O[C@H]1n1cnc2c(N)ccnc21)[C@H](n1cnc2c(=O)[nH]c(N)nc21)O3.Nc1nc2c(ncn2[C@@H]2O[C@@]34COC3[C@@H]2OP(=O)(O)OC[C@H]2O[C@@H](n3cnc5c(N)ccnc53)[C@@H](O)C2OP(=O)(O)OC4)c(=O)[nH]1. The number of rotatable bonds is 6. The zero-order valence-corrected chi connectivity index (χ0v) is 74.4. The van der Waals surface area contributed by atoms with Gasteiger partial charge >= 0.3 is 46.9 Å². The van der Waals surface area contributed by atoms with E-state index in [1.54, 1.807) is 17.6 Å². The molecule has 63 nitrogen and oxygen atoms in total. The lowest BCUT2D eigenvalue weighted by atomic mass is 9.91. The van der Waals surface area contributed by atoms with Gasteiger partial charge in [0.1, 0.15) is 102 Å². The van der Waals surface area contributed by atoms with Gasteiger partial charge in [0.15, 0.2) is 81.6 Å². The number of imidazole rings is 6. The Labute approximate surface area is 749 Å². The number of aliphatic hydroxyl groups excluding tert-OH is 2. The first-order valence-corrected chi connectivity index (χ1v) is 49.3. The van der Waals surface area contributed by atoms with Gasteiger partial charge in [-0.1, -0.05) is 6.92 Å². The van der Waals surface area contributed by atoms with E-state index in [2.05, 4.69) is 74.8 Å². The third-order valence-electron chi connectivity index (χ3n) is 23.4. The monoisotopic (exact) mass is 2010 g/mol. The van der Waals surface area contributed by atoms with E-state index in [0.717, 1.165) is 0 Å². The Balaban J connectivity index is 0.000000126. The molecule has 0 radical (unpaired) electrons. The Morgan fingerprint density at radius 1 is 0.370 bits per heavy atom. The number of nitrogen functional groups attached to an aromatic ring is 6. The summed E-state index contributed by atoms with van der Waals surface area (Å²) >= 11 is 0. The molecule has 29 atom stereocenters. The number of aromatic nitrogens is 21. The number of hydrogen-bond donors (Lipinski definition) is 17. The maximum atomic E-state index is 13.4. The summed E-state index contributed by atoms with van der Waals surface area (Å²) < 4.78 is 194. The van der Waals surface area contributed by atoms with E-state index in [1.165, 1.54) is 98.4 Å². The van der Waals surface area contributed by atoms with Crippen molar-refractivity contribution in [3.63, 3.8) is 0 Å². The van der Waals surface area contributed by atoms with Gasteiger partial charge in [0.2, 0.25) is 17.8 Å². The summed E-state index contributed by atoms with van der Waals surface area (Å²) in [5.41, 5.74) is 34.2. The Bertz CT molecular complexity index is 7170. The minimum absolute atomic E-state index is 0.0127. The van der Waals surface area contributed by atoms with Crippen LogP contribution in [-0.4, -0.2) is 279 Å². The fraction of sp³-hybridized carbons (Fsp3) is 0.500. The predicted molar refractivity (Wildman–Crippen MR) is 445 cm³/mol. The molecule has 12 aromatic heterocycles. The van der Waals surface area contributed by atoms with Crippen molar-refractivity contribution >= 4 is 149 Å². The zero-order chi connectivity index (χ0) is 95.0. The number of hydrogen-bond acceptors (Lipinski definition) is 48. The number of nitrogens with one attached hydrogen (secondary N) is 3. The summed E-state index contributed by atoms with van der Waals surface area (Å²) in [6, 6.07) is 4.64. The first-order chi connectivity index (χ1) is 64.0. The van der Waals surface area contributed by atoms with Gasteiger partial charge in [-0.3, -0.25) is 111 Å². The quantitative estimate of drug-likeness (QED) is 0.0881. The summed E-state index contributed by atoms with van der Waals surface area (Å²) in [7, 11) is -29.5. The topological polar surface area (TPSA) is 879 Å². The lowest BCUT2D eigenvalue weighted by Gasteiger charge is -2.43. The summed E-state index contributed by atoms with van der Waals surface area (Å²) in [5, 5.41) is 22.5. The van der Waals surface area contributed by atoms with E-state index in [1.807, 2.05) is 0 Å². The van der Waals surface area contributed by atoms with E-state index in [-0.39, 0.29) is 82.1 Å². The number of nitrogens with zero attached hydrogens (tertiary/aromatic N) is 18. The lowest BCUT2D eigenvalue weighted by molar-refractivity contribution is -0.244. The summed E-state index contributed by atoms with van der Waals surface area (Å²) in [6.07, 6.45) is -15.4. The fourth-order valence-electron chi connectivity index (χ4n) is 17.3. The molecule has 10 aliphatic heterocycles. The Hall–Kier alpha value is -9.99. The molecule has 6 bridgehead atoms. The second-order valence-electron chi connectivity index (χ2n) is 32.2. The highest BCUT2D eigenvalue weighted by molar-refractivity contribution is 7.48. The van der Waals surface area contributed by atoms with Gasteiger partial charge < -0.3 is 107 Å². The van der Waals surface area contributed by atoms with Crippen molar-refractivity contribution in [2.24, 2.45) is 5.92 Å². The van der Waals surface area contributed by atoms with Gasteiger partial charge in [-0.15, -0.1) is 0 Å². The number of anilines is 6. The normalized spacial score (nSPS) is 38.0. The number of ether oxygens (including phenoxy) is 7. The number of pyridine rings is 3. The third kappa shape index (κ3) is 17.5. The lowest BCUT2D eigenvalue weighted by Crippen LogP contribution is -2.61. The Kier molecular flexibility index (Phi) is 23.7. The van der Waals surface area contributed by atoms with Crippen LogP contribution in [0.1, 0.15) is 64.1 Å². The van der Waals surface area contributed by atoms with Crippen LogP contribution in [0.4, 0.5) is 34.9 Å². The average Bonchev–Trinajstić information content (AvgIpc) is 1.55. The van der Waals surface area contributed by atoms with Crippen LogP contribution in [0.25, 0.3) is 67.0 Å². The second-order valence-corrected chi connectivity index (χ2v) is 40.6. The van der Waals surface area contributed by atoms with Gasteiger partial charge in [0.05, 0.1) is 113 Å². The fourth-order valence-corrected chi connectivity index (χ4v) is 23.3. The smallest absolute Gasteiger partial charge is 0.397 e. The molecule has 724 valence electrons. The second kappa shape index (κ2) is 34.6. The van der Waals surface area contributed by atoms with E-state index in [4.69, 9.17) is 122 Å². The summed E-state index contributed by atoms with van der Waals surface area (Å²) in [4.78, 5) is 158. The Morgan fingerprint density at radius 2 is 0.733 bits per heavy atom. The highest BCUT2D eigenvalue weighted by Crippen LogP contribution is 2.61. The molecular formula is C66H79N27O36P6. The van der Waals surface area contributed by atoms with Crippen LogP contribution in [0.5, 0.6) is 0 Å². The van der Waals surface area contributed by atoms with Gasteiger partial charge in [-0.05, 0) is 25.1 Å². The summed E-state index contributed by atoms with van der Waals surface area (Å²) in [6.45, 7) is -0.180. The molecule has 10 saturated heterocycles. The maximum absolute atomic E-state index is 13.4. The molecule has 69 heteroatoms. The number of aliphatic hydroxyl groups is 2. The van der Waals surface area contributed by atoms with Crippen LogP contribution in [0.15, 0.2) is 89.1 Å². The molecule has 0 aliphatic carbocycles. The molecule has 0 spiro atoms. The number of nitrogens with two attached hydrogens (primary N) is 6. The zero-order valence-electron chi connectivity index (χ0n) is 69.0. The molecule has 22 heterocycles. The molecule has 0 saturated carbocycles. The van der Waals surface area contributed by atoms with Crippen molar-refractivity contribution in [2.45, 2.75) is 161 Å². The van der Waals surface area contributed by atoms with Crippen molar-refractivity contribution in [3.05, 3.63) is 106 Å². The molecule has 0 aromatic carbocycles. The standard InChI is InChI=1S/C22H25N9O13P2.C22H27N9O12P2.C22H27N9O11P2/c23-8-1-2-25-16-10(8)26-6-30(16)19-12(32)13-9(41-19)3-39-45(34,35)44-14-15-22(4-38-15,5-40-46(36,37)43-13)42-20(14)31-7-27-11-17(31)28-21(24)29-18(11)33;1-8-15-16(14(32)21(40-15)30-6-26-12-10(23)2-3-25-17(12)30)43-44(34,35)38-5-9-4-11(42-45(36,37)41-8)20(39-9)31-7-27-13-18(31)28-22(24)29-19(13)33;1-9-16-13(40-20(9)30-7-26-14-11(23)2-3-25-17(14)30)6-38-43(33,34)41-12-4-10(5-37-44(35,36)42-16)39-21(12)31-8-27-15-18(31)28-22(24)29-19(15)32/h1-2,6-7,9,12-15,19-20,32H,3-5H2,(H2,23,25)(H,34,35)(H,36,37)(H3,24,28,29,33);2-3,6-9,11,14-16,20-21,32H,4-5H2,1H3,(H2,23,25)(H,34,35)(H,36,37)(H3,24,28,29,33);2-3,7-10,12-13,16,20-21H,4-6H2,1H3,(H2,23,25)(H,33,34)(H,35,36)(H3,24,28,29,32)/t9-,12+,13?,14+,15?,19-,20-,22-;8-,9-,11+,14+,15-,16-,20+,21+;9-,10-,12+,13+,16-,20+,21+/m100/s1. The van der Waals surface area contributed by atoms with E-state index >= 15 is 0 Å². The van der Waals surface area contributed by atoms with Crippen LogP contribution < -0.4 is 51.1 Å². The number of aromatic amines is 3. The summed E-state index contributed by atoms with van der Waals surface area (Å²) in [5.74, 6) is -1.28. The van der Waals surface area contributed by atoms with Crippen LogP contribution in [0.3, 0.4) is 0 Å². The van der Waals surface area contributed by atoms with Crippen molar-refractivity contribution in [1.29, 1.82) is 0 Å². The molecule has 22 rings (SSSR count). The minimum Gasteiger partial charge on any atom is -0.397 e. The van der Waals surface area contributed by atoms with Crippen LogP contribution in [0, 0.1) is 5.92 Å². The van der Waals surface area contributed by atoms with E-state index < -0.39 is 237 Å². The van der Waals surface area contributed by atoms with E-state index in [9.17, 15) is 81.3 Å². The molecule has 0 amide bonds. The molecule has 8 unspecified atom stereocenters. The largest absolute Gasteiger partial charge is 0.472 e. The maximum Gasteiger partial charge on any atom is 0.472 e. The van der Waals surface area contributed by atoms with Crippen LogP contribution >= 0.6 is 46.9 Å². The predicted octanol–water partition coefficient (Wildman–Crippen LogP) is -1.08. The molecule has 135 heavy (non-hydrogen) atoms. The van der Waals surface area contributed by atoms with Gasteiger partial charge in [0, 0.05) is 37.4 Å². The van der Waals surface area contributed by atoms with E-state index in [0.29, 0.717) is 39.3 Å². The number of phosphoric acid groups is 6. The van der Waals surface area contributed by atoms with Crippen molar-refractivity contribution in [3.8, 4) is 0 Å². The first-order valence-electron chi connectivity index (χ1n) is 40.3.